The molecule has 1 N–H and O–H groups in total. The number of halogens is 1. The average Bonchev–Trinajstić information content (AvgIpc) is 3.07. The molecule has 0 saturated heterocycles. The number of carbonyl (C=O) groups excluding carboxylic acids is 1. The number of aryl methyl sites for hydroxylation is 2. The second-order valence-corrected chi connectivity index (χ2v) is 9.60. The predicted molar refractivity (Wildman–Crippen MR) is 122 cm³/mol. The molecule has 1 heterocycles. The van der Waals surface area contributed by atoms with Gasteiger partial charge in [0.1, 0.15) is 5.82 Å². The molecule has 1 aromatic heterocycles. The first-order valence-electron chi connectivity index (χ1n) is 10.2. The van der Waals surface area contributed by atoms with Crippen LogP contribution in [-0.2, 0) is 34.8 Å². The van der Waals surface area contributed by atoms with E-state index in [0.29, 0.717) is 36.6 Å². The van der Waals surface area contributed by atoms with Crippen LogP contribution in [0.1, 0.15) is 31.7 Å². The molecule has 0 aliphatic rings. The Morgan fingerprint density at radius 2 is 1.81 bits per heavy atom. The van der Waals surface area contributed by atoms with Gasteiger partial charge in [-0.1, -0.05) is 37.6 Å². The van der Waals surface area contributed by atoms with Gasteiger partial charge in [0.05, 0.1) is 15.9 Å². The number of hydrogen-bond acceptors (Lipinski definition) is 4. The summed E-state index contributed by atoms with van der Waals surface area (Å²) in [6.45, 7) is 4.89. The third-order valence-corrected chi connectivity index (χ3v) is 7.56. The van der Waals surface area contributed by atoms with Gasteiger partial charge in [0.2, 0.25) is 15.9 Å². The van der Waals surface area contributed by atoms with Gasteiger partial charge in [0.25, 0.3) is 0 Å². The number of carbonyl (C=O) groups is 1. The van der Waals surface area contributed by atoms with Crippen LogP contribution in [0.4, 0.5) is 0 Å². The summed E-state index contributed by atoms with van der Waals surface area (Å²) in [6.07, 6.45) is 0.741. The molecule has 0 atom stereocenters. The van der Waals surface area contributed by atoms with E-state index in [-0.39, 0.29) is 17.2 Å². The quantitative estimate of drug-likeness (QED) is 0.527. The van der Waals surface area contributed by atoms with Crippen molar-refractivity contribution in [3.05, 3.63) is 58.9 Å². The highest BCUT2D eigenvalue weighted by Crippen LogP contribution is 2.22. The topological polar surface area (TPSA) is 84.3 Å². The van der Waals surface area contributed by atoms with E-state index in [9.17, 15) is 13.2 Å². The summed E-state index contributed by atoms with van der Waals surface area (Å²) in [5.74, 6) is 0.654. The fourth-order valence-corrected chi connectivity index (χ4v) is 5.05. The number of amides is 1. The molecule has 0 fully saturated rings. The zero-order chi connectivity index (χ0) is 22.6. The van der Waals surface area contributed by atoms with Crippen molar-refractivity contribution in [2.24, 2.45) is 7.05 Å². The van der Waals surface area contributed by atoms with Crippen LogP contribution in [0.25, 0.3) is 11.0 Å². The van der Waals surface area contributed by atoms with Gasteiger partial charge < -0.3 is 9.88 Å². The molecule has 3 aromatic rings. The van der Waals surface area contributed by atoms with E-state index < -0.39 is 10.0 Å². The summed E-state index contributed by atoms with van der Waals surface area (Å²) in [4.78, 5) is 17.1. The van der Waals surface area contributed by atoms with Gasteiger partial charge in [-0.15, -0.1) is 0 Å². The van der Waals surface area contributed by atoms with Crippen molar-refractivity contribution in [3.63, 3.8) is 0 Å². The third-order valence-electron chi connectivity index (χ3n) is 5.27. The number of nitrogens with one attached hydrogen (secondary N) is 1. The molecule has 3 rings (SSSR count). The number of imidazole rings is 1. The van der Waals surface area contributed by atoms with Crippen LogP contribution >= 0.6 is 11.6 Å². The molecule has 0 aliphatic heterocycles. The Hall–Kier alpha value is -2.42. The number of sulfonamides is 1. The molecule has 0 bridgehead atoms. The summed E-state index contributed by atoms with van der Waals surface area (Å²) < 4.78 is 28.9. The number of rotatable bonds is 9. The minimum absolute atomic E-state index is 0.0770. The largest absolute Gasteiger partial charge is 0.352 e. The second-order valence-electron chi connectivity index (χ2n) is 7.23. The van der Waals surface area contributed by atoms with Crippen molar-refractivity contribution in [1.29, 1.82) is 0 Å². The Balaban J connectivity index is 1.69. The minimum atomic E-state index is -3.55. The van der Waals surface area contributed by atoms with Gasteiger partial charge in [-0.05, 0) is 35.9 Å². The van der Waals surface area contributed by atoms with Crippen molar-refractivity contribution in [2.75, 3.05) is 13.1 Å². The van der Waals surface area contributed by atoms with Gasteiger partial charge in [-0.25, -0.2) is 13.4 Å². The molecule has 0 saturated carbocycles. The van der Waals surface area contributed by atoms with Crippen LogP contribution in [0.15, 0.2) is 47.4 Å². The highest BCUT2D eigenvalue weighted by atomic mass is 35.5. The van der Waals surface area contributed by atoms with Crippen molar-refractivity contribution in [2.45, 2.75) is 38.1 Å². The first kappa shape index (κ1) is 23.2. The summed E-state index contributed by atoms with van der Waals surface area (Å²) in [7, 11) is -1.68. The minimum Gasteiger partial charge on any atom is -0.352 e. The first-order chi connectivity index (χ1) is 14.8. The lowest BCUT2D eigenvalue weighted by atomic mass is 10.2. The lowest BCUT2D eigenvalue weighted by molar-refractivity contribution is -0.121. The molecule has 31 heavy (non-hydrogen) atoms. The Labute approximate surface area is 188 Å². The van der Waals surface area contributed by atoms with E-state index in [0.717, 1.165) is 16.9 Å². The lowest BCUT2D eigenvalue weighted by Crippen LogP contribution is -2.30. The SMILES string of the molecule is CCN(CC)S(=O)(=O)c1ccc2c(c1)nc(CCC(=O)NCc1ccc(Cl)cc1)n2C. The van der Waals surface area contributed by atoms with E-state index >= 15 is 0 Å². The van der Waals surface area contributed by atoms with Crippen molar-refractivity contribution < 1.29 is 13.2 Å². The van der Waals surface area contributed by atoms with Crippen LogP contribution in [0.3, 0.4) is 0 Å². The number of benzene rings is 2. The summed E-state index contributed by atoms with van der Waals surface area (Å²) >= 11 is 5.87. The molecular formula is C22H27ClN4O3S. The van der Waals surface area contributed by atoms with Crippen LogP contribution in [0, 0.1) is 0 Å². The maximum absolute atomic E-state index is 12.8. The number of fused-ring (bicyclic) bond motifs is 1. The van der Waals surface area contributed by atoms with E-state index in [1.807, 2.05) is 37.6 Å². The van der Waals surface area contributed by atoms with Crippen molar-refractivity contribution >= 4 is 38.6 Å². The average molecular weight is 463 g/mol. The number of aromatic nitrogens is 2. The molecule has 0 unspecified atom stereocenters. The fraction of sp³-hybridized carbons (Fsp3) is 0.364. The van der Waals surface area contributed by atoms with Crippen LogP contribution < -0.4 is 5.32 Å². The van der Waals surface area contributed by atoms with E-state index in [1.54, 1.807) is 30.3 Å². The van der Waals surface area contributed by atoms with Crippen LogP contribution in [0.2, 0.25) is 5.02 Å². The lowest BCUT2D eigenvalue weighted by Gasteiger charge is -2.18. The zero-order valence-electron chi connectivity index (χ0n) is 17.9. The maximum atomic E-state index is 12.8. The summed E-state index contributed by atoms with van der Waals surface area (Å²) in [5.41, 5.74) is 2.41. The number of hydrogen-bond donors (Lipinski definition) is 1. The molecule has 0 radical (unpaired) electrons. The molecular weight excluding hydrogens is 436 g/mol. The molecule has 2 aromatic carbocycles. The third kappa shape index (κ3) is 5.26. The summed E-state index contributed by atoms with van der Waals surface area (Å²) in [5, 5.41) is 3.55. The van der Waals surface area contributed by atoms with Crippen molar-refractivity contribution in [3.8, 4) is 0 Å². The molecule has 1 amide bonds. The Bertz CT molecular complexity index is 1170. The Kier molecular flexibility index (Phi) is 7.35. The maximum Gasteiger partial charge on any atom is 0.243 e. The number of nitrogens with zero attached hydrogens (tertiary/aromatic N) is 3. The zero-order valence-corrected chi connectivity index (χ0v) is 19.5. The Morgan fingerprint density at radius 1 is 1.13 bits per heavy atom. The Morgan fingerprint density at radius 3 is 2.45 bits per heavy atom. The fourth-order valence-electron chi connectivity index (χ4n) is 3.44. The monoisotopic (exact) mass is 462 g/mol. The molecule has 9 heteroatoms. The van der Waals surface area contributed by atoms with Crippen LogP contribution in [0.5, 0.6) is 0 Å². The van der Waals surface area contributed by atoms with E-state index in [2.05, 4.69) is 10.3 Å². The highest BCUT2D eigenvalue weighted by molar-refractivity contribution is 7.89. The highest BCUT2D eigenvalue weighted by Gasteiger charge is 2.22. The van der Waals surface area contributed by atoms with Gasteiger partial charge in [0, 0.05) is 44.5 Å². The molecule has 0 spiro atoms. The summed E-state index contributed by atoms with van der Waals surface area (Å²) in [6, 6.07) is 12.3. The predicted octanol–water partition coefficient (Wildman–Crippen LogP) is 3.51. The van der Waals surface area contributed by atoms with Crippen LogP contribution in [-0.4, -0.2) is 41.3 Å². The first-order valence-corrected chi connectivity index (χ1v) is 12.0. The van der Waals surface area contributed by atoms with E-state index in [4.69, 9.17) is 11.6 Å². The molecule has 0 aliphatic carbocycles. The van der Waals surface area contributed by atoms with Gasteiger partial charge in [-0.2, -0.15) is 4.31 Å². The standard InChI is InChI=1S/C22H27ClN4O3S/c1-4-27(5-2)31(29,30)18-10-11-20-19(14-18)25-21(26(20)3)12-13-22(28)24-15-16-6-8-17(23)9-7-16/h6-11,14H,4-5,12-13,15H2,1-3H3,(H,24,28). The smallest absolute Gasteiger partial charge is 0.243 e. The van der Waals surface area contributed by atoms with Gasteiger partial charge in [-0.3, -0.25) is 4.79 Å². The van der Waals surface area contributed by atoms with E-state index in [1.165, 1.54) is 4.31 Å². The second kappa shape index (κ2) is 9.80. The van der Waals surface area contributed by atoms with Gasteiger partial charge >= 0.3 is 0 Å². The molecule has 166 valence electrons. The molecule has 7 nitrogen and oxygen atoms in total. The van der Waals surface area contributed by atoms with Gasteiger partial charge in [0.15, 0.2) is 0 Å². The normalized spacial score (nSPS) is 11.9. The van der Waals surface area contributed by atoms with Crippen molar-refractivity contribution in [1.82, 2.24) is 19.2 Å².